The van der Waals surface area contributed by atoms with Crippen molar-refractivity contribution in [3.8, 4) is 28.3 Å². The van der Waals surface area contributed by atoms with Crippen LogP contribution in [0.5, 0.6) is 5.75 Å². The van der Waals surface area contributed by atoms with Crippen LogP contribution in [-0.4, -0.2) is 22.4 Å². The zero-order valence-electron chi connectivity index (χ0n) is 15.0. The van der Waals surface area contributed by atoms with Gasteiger partial charge >= 0.3 is 0 Å². The first-order valence-corrected chi connectivity index (χ1v) is 9.02. The maximum Gasteiger partial charge on any atom is 0.166 e. The number of hydrogen-bond acceptors (Lipinski definition) is 3. The summed E-state index contributed by atoms with van der Waals surface area (Å²) < 4.78 is 7.53. The first-order chi connectivity index (χ1) is 13.2. The maximum absolute atomic E-state index is 12.3. The second kappa shape index (κ2) is 6.09. The summed E-state index contributed by atoms with van der Waals surface area (Å²) in [4.78, 5) is 17.1. The van der Waals surface area contributed by atoms with Crippen LogP contribution < -0.4 is 4.74 Å². The molecular weight excluding hydrogens is 336 g/mol. The van der Waals surface area contributed by atoms with Crippen LogP contribution in [0.15, 0.2) is 66.7 Å². The fraction of sp³-hybridized carbons (Fsp3) is 0.130. The number of ether oxygens (including phenoxy) is 1. The van der Waals surface area contributed by atoms with Gasteiger partial charge in [-0.25, -0.2) is 4.98 Å². The molecule has 0 aliphatic carbocycles. The summed E-state index contributed by atoms with van der Waals surface area (Å²) in [7, 11) is 1.68. The number of Topliss-reactive ketones (excluding diaryl/α,β-unsaturated/α-hetero) is 1. The zero-order chi connectivity index (χ0) is 18.4. The lowest BCUT2D eigenvalue weighted by molar-refractivity contribution is 0.0973. The predicted molar refractivity (Wildman–Crippen MR) is 106 cm³/mol. The minimum absolute atomic E-state index is 0.199. The number of rotatable bonds is 3. The Morgan fingerprint density at radius 2 is 1.67 bits per heavy atom. The molecule has 0 atom stereocenters. The third-order valence-corrected chi connectivity index (χ3v) is 5.15. The first-order valence-electron chi connectivity index (χ1n) is 9.02. The van der Waals surface area contributed by atoms with Crippen molar-refractivity contribution in [3.05, 3.63) is 72.3 Å². The van der Waals surface area contributed by atoms with Crippen LogP contribution >= 0.6 is 0 Å². The van der Waals surface area contributed by atoms with Crippen molar-refractivity contribution in [2.75, 3.05) is 7.11 Å². The van der Waals surface area contributed by atoms with E-state index < -0.39 is 0 Å². The van der Waals surface area contributed by atoms with E-state index in [1.807, 2.05) is 42.5 Å². The van der Waals surface area contributed by atoms with Gasteiger partial charge in [0.25, 0.3) is 0 Å². The molecule has 1 aliphatic rings. The van der Waals surface area contributed by atoms with Gasteiger partial charge in [-0.2, -0.15) is 0 Å². The molecule has 0 spiro atoms. The number of carbonyl (C=O) groups excluding carboxylic acids is 1. The summed E-state index contributed by atoms with van der Waals surface area (Å²) in [5, 5.41) is 0. The normalized spacial score (nSPS) is 13.1. The molecule has 132 valence electrons. The summed E-state index contributed by atoms with van der Waals surface area (Å²) in [6.07, 6.45) is 0.519. The average Bonchev–Trinajstić information content (AvgIpc) is 3.11. The monoisotopic (exact) mass is 354 g/mol. The van der Waals surface area contributed by atoms with Crippen molar-refractivity contribution >= 4 is 16.8 Å². The van der Waals surface area contributed by atoms with Gasteiger partial charge < -0.3 is 9.30 Å². The summed E-state index contributed by atoms with van der Waals surface area (Å²) in [6.45, 7) is 0.672. The lowest BCUT2D eigenvalue weighted by Crippen LogP contribution is -2.14. The van der Waals surface area contributed by atoms with E-state index >= 15 is 0 Å². The second-order valence-corrected chi connectivity index (χ2v) is 6.75. The Hall–Kier alpha value is -3.40. The smallest absolute Gasteiger partial charge is 0.166 e. The van der Waals surface area contributed by atoms with Gasteiger partial charge in [0.2, 0.25) is 0 Å². The van der Waals surface area contributed by atoms with E-state index in [1.54, 1.807) is 7.11 Å². The Labute approximate surface area is 157 Å². The van der Waals surface area contributed by atoms with E-state index in [0.29, 0.717) is 13.0 Å². The summed E-state index contributed by atoms with van der Waals surface area (Å²) in [5.41, 5.74) is 5.87. The lowest BCUT2D eigenvalue weighted by Gasteiger charge is -2.16. The molecule has 4 aromatic rings. The number of hydrogen-bond donors (Lipinski definition) is 0. The molecule has 1 aromatic heterocycles. The molecule has 0 N–H and O–H groups in total. The Bertz CT molecular complexity index is 1190. The fourth-order valence-electron chi connectivity index (χ4n) is 3.84. The minimum atomic E-state index is 0.199. The molecule has 3 aromatic carbocycles. The topological polar surface area (TPSA) is 44.1 Å². The van der Waals surface area contributed by atoms with Gasteiger partial charge in [-0.05, 0) is 41.5 Å². The standard InChI is InChI=1S/C23H18N2O2/c1-27-18-8-3-6-16(14-18)15-5-2-7-17(13-15)23-24-20-10-4-9-19-21(26)11-12-25(23)22(19)20/h2-10,13-14H,11-12H2,1H3. The average molecular weight is 354 g/mol. The molecule has 27 heavy (non-hydrogen) atoms. The van der Waals surface area contributed by atoms with E-state index in [4.69, 9.17) is 9.72 Å². The van der Waals surface area contributed by atoms with E-state index in [9.17, 15) is 4.79 Å². The molecule has 0 radical (unpaired) electrons. The summed E-state index contributed by atoms with van der Waals surface area (Å²) in [6, 6.07) is 22.2. The molecule has 0 amide bonds. The highest BCUT2D eigenvalue weighted by molar-refractivity contribution is 6.08. The molecule has 0 unspecified atom stereocenters. The van der Waals surface area contributed by atoms with Crippen LogP contribution in [0.4, 0.5) is 0 Å². The van der Waals surface area contributed by atoms with Crippen molar-refractivity contribution in [3.63, 3.8) is 0 Å². The number of para-hydroxylation sites is 1. The number of aryl methyl sites for hydroxylation is 1. The maximum atomic E-state index is 12.3. The van der Waals surface area contributed by atoms with Gasteiger partial charge in [-0.15, -0.1) is 0 Å². The van der Waals surface area contributed by atoms with Crippen molar-refractivity contribution < 1.29 is 9.53 Å². The Morgan fingerprint density at radius 3 is 2.52 bits per heavy atom. The molecule has 0 bridgehead atoms. The van der Waals surface area contributed by atoms with Crippen molar-refractivity contribution in [1.82, 2.24) is 9.55 Å². The molecule has 0 saturated heterocycles. The summed E-state index contributed by atoms with van der Waals surface area (Å²) >= 11 is 0. The minimum Gasteiger partial charge on any atom is -0.497 e. The van der Waals surface area contributed by atoms with Crippen LogP contribution in [0, 0.1) is 0 Å². The second-order valence-electron chi connectivity index (χ2n) is 6.75. The van der Waals surface area contributed by atoms with Crippen LogP contribution in [0.3, 0.4) is 0 Å². The quantitative estimate of drug-likeness (QED) is 0.522. The van der Waals surface area contributed by atoms with Crippen molar-refractivity contribution in [2.45, 2.75) is 13.0 Å². The molecule has 5 rings (SSSR count). The molecule has 2 heterocycles. The fourth-order valence-corrected chi connectivity index (χ4v) is 3.84. The van der Waals surface area contributed by atoms with Crippen LogP contribution in [-0.2, 0) is 6.54 Å². The van der Waals surface area contributed by atoms with Gasteiger partial charge in [-0.3, -0.25) is 4.79 Å². The van der Waals surface area contributed by atoms with Crippen LogP contribution in [0.1, 0.15) is 16.8 Å². The highest BCUT2D eigenvalue weighted by atomic mass is 16.5. The van der Waals surface area contributed by atoms with E-state index in [-0.39, 0.29) is 5.78 Å². The largest absolute Gasteiger partial charge is 0.497 e. The lowest BCUT2D eigenvalue weighted by atomic mass is 10.0. The van der Waals surface area contributed by atoms with E-state index in [2.05, 4.69) is 28.8 Å². The molecular formula is C23H18N2O2. The molecule has 0 saturated carbocycles. The van der Waals surface area contributed by atoms with Crippen molar-refractivity contribution in [1.29, 1.82) is 0 Å². The number of nitrogens with zero attached hydrogens (tertiary/aromatic N) is 2. The summed E-state index contributed by atoms with van der Waals surface area (Å²) in [5.74, 6) is 1.95. The predicted octanol–water partition coefficient (Wildman–Crippen LogP) is 4.97. The molecule has 1 aliphatic heterocycles. The van der Waals surface area contributed by atoms with Crippen LogP contribution in [0.2, 0.25) is 0 Å². The number of imidazole rings is 1. The van der Waals surface area contributed by atoms with Gasteiger partial charge in [0.05, 0.1) is 18.1 Å². The highest BCUT2D eigenvalue weighted by Gasteiger charge is 2.23. The molecule has 4 heteroatoms. The third-order valence-electron chi connectivity index (χ3n) is 5.15. The molecule has 4 nitrogen and oxygen atoms in total. The van der Waals surface area contributed by atoms with Crippen LogP contribution in [0.25, 0.3) is 33.5 Å². The first kappa shape index (κ1) is 15.8. The number of carbonyl (C=O) groups is 1. The Morgan fingerprint density at radius 1 is 0.926 bits per heavy atom. The van der Waals surface area contributed by atoms with E-state index in [1.165, 1.54) is 0 Å². The number of ketones is 1. The Balaban J connectivity index is 1.67. The van der Waals surface area contributed by atoms with Gasteiger partial charge in [0, 0.05) is 24.1 Å². The SMILES string of the molecule is COc1cccc(-c2cccc(-c3nc4cccc5c4n3CCC5=O)c2)c1. The number of aromatic nitrogens is 2. The van der Waals surface area contributed by atoms with Gasteiger partial charge in [0.15, 0.2) is 5.78 Å². The zero-order valence-corrected chi connectivity index (χ0v) is 15.0. The molecule has 0 fully saturated rings. The van der Waals surface area contributed by atoms with Crippen molar-refractivity contribution in [2.24, 2.45) is 0 Å². The third kappa shape index (κ3) is 2.53. The Kier molecular flexibility index (Phi) is 3.57. The number of benzene rings is 3. The number of methoxy groups -OCH3 is 1. The van der Waals surface area contributed by atoms with Gasteiger partial charge in [0.1, 0.15) is 11.6 Å². The van der Waals surface area contributed by atoms with Gasteiger partial charge in [-0.1, -0.05) is 36.4 Å². The van der Waals surface area contributed by atoms with E-state index in [0.717, 1.165) is 44.9 Å². The highest BCUT2D eigenvalue weighted by Crippen LogP contribution is 2.33.